The topological polar surface area (TPSA) is 89.0 Å². The van der Waals surface area contributed by atoms with Crippen LogP contribution in [0.4, 0.5) is 5.13 Å². The number of thiazole rings is 1. The van der Waals surface area contributed by atoms with Crippen molar-refractivity contribution in [2.75, 3.05) is 19.1 Å². The Labute approximate surface area is 205 Å². The lowest BCUT2D eigenvalue weighted by molar-refractivity contribution is -0.132. The molecular weight excluding hydrogens is 464 g/mol. The fourth-order valence-corrected chi connectivity index (χ4v) is 5.42. The summed E-state index contributed by atoms with van der Waals surface area (Å²) >= 11 is 1.31. The van der Waals surface area contributed by atoms with Crippen LogP contribution in [0, 0.1) is 6.92 Å². The molecule has 1 unspecified atom stereocenters. The lowest BCUT2D eigenvalue weighted by Crippen LogP contribution is -2.29. The van der Waals surface area contributed by atoms with Gasteiger partial charge < -0.3 is 14.6 Å². The summed E-state index contributed by atoms with van der Waals surface area (Å²) in [5.74, 6) is -1.03. The van der Waals surface area contributed by atoms with Gasteiger partial charge in [0, 0.05) is 11.1 Å². The van der Waals surface area contributed by atoms with Crippen LogP contribution in [-0.2, 0) is 9.59 Å². The van der Waals surface area contributed by atoms with Gasteiger partial charge in [-0.2, -0.15) is 0 Å². The Morgan fingerprint density at radius 2 is 1.77 bits per heavy atom. The average Bonchev–Trinajstić information content (AvgIpc) is 3.41. The van der Waals surface area contributed by atoms with Crippen molar-refractivity contribution in [3.63, 3.8) is 0 Å². The molecule has 8 heteroatoms. The Balaban J connectivity index is 1.79. The third-order valence-corrected chi connectivity index (χ3v) is 6.98. The first-order valence-corrected chi connectivity index (χ1v) is 11.7. The minimum Gasteiger partial charge on any atom is -0.507 e. The minimum atomic E-state index is -0.970. The number of aromatic nitrogens is 1. The van der Waals surface area contributed by atoms with Crippen molar-refractivity contribution >= 4 is 44.1 Å². The van der Waals surface area contributed by atoms with E-state index in [0.717, 1.165) is 15.8 Å². The number of anilines is 1. The summed E-state index contributed by atoms with van der Waals surface area (Å²) in [6.45, 7) is 1.98. The zero-order chi connectivity index (χ0) is 24.7. The quantitative estimate of drug-likeness (QED) is 0.236. The van der Waals surface area contributed by atoms with Crippen molar-refractivity contribution in [3.8, 4) is 11.5 Å². The van der Waals surface area contributed by atoms with Gasteiger partial charge in [0.15, 0.2) is 16.6 Å². The van der Waals surface area contributed by atoms with E-state index in [4.69, 9.17) is 9.47 Å². The van der Waals surface area contributed by atoms with E-state index in [0.29, 0.717) is 27.8 Å². The summed E-state index contributed by atoms with van der Waals surface area (Å²) in [5.41, 5.74) is 2.67. The number of aliphatic hydroxyl groups is 1. The molecule has 1 atom stereocenters. The molecule has 35 heavy (non-hydrogen) atoms. The van der Waals surface area contributed by atoms with E-state index >= 15 is 0 Å². The summed E-state index contributed by atoms with van der Waals surface area (Å²) < 4.78 is 12.0. The van der Waals surface area contributed by atoms with Gasteiger partial charge in [-0.05, 0) is 30.7 Å². The SMILES string of the molecule is COc1cccc(C2/C(=C(\O)c3ccccc3)C(=O)C(=O)N2c2nc3ccc(C)cc3s2)c1OC. The molecule has 0 bridgehead atoms. The molecule has 1 aromatic heterocycles. The van der Waals surface area contributed by atoms with Crippen LogP contribution in [-0.4, -0.2) is 36.0 Å². The van der Waals surface area contributed by atoms with E-state index in [2.05, 4.69) is 4.98 Å². The van der Waals surface area contributed by atoms with Crippen molar-refractivity contribution in [1.82, 2.24) is 4.98 Å². The van der Waals surface area contributed by atoms with Crippen LogP contribution in [0.25, 0.3) is 16.0 Å². The fourth-order valence-electron chi connectivity index (χ4n) is 4.33. The molecule has 0 aliphatic carbocycles. The van der Waals surface area contributed by atoms with E-state index in [1.54, 1.807) is 48.5 Å². The number of ketones is 1. The Hall–Kier alpha value is -4.17. The van der Waals surface area contributed by atoms with Gasteiger partial charge in [-0.25, -0.2) is 4.98 Å². The number of hydrogen-bond donors (Lipinski definition) is 1. The molecule has 4 aromatic rings. The summed E-state index contributed by atoms with van der Waals surface area (Å²) in [4.78, 5) is 32.9. The standard InChI is InChI=1S/C27H22N2O5S/c1-15-12-13-18-20(14-15)35-27(28-18)29-22(17-10-7-11-19(33-2)25(17)34-3)21(24(31)26(29)32)23(30)16-8-5-4-6-9-16/h4-14,22,30H,1-3H3/b23-21+. The normalized spacial score (nSPS) is 17.2. The molecular formula is C27H22N2O5S. The number of amides is 1. The van der Waals surface area contributed by atoms with E-state index in [-0.39, 0.29) is 11.3 Å². The highest BCUT2D eigenvalue weighted by Crippen LogP contribution is 2.48. The number of carbonyl (C=O) groups is 2. The number of benzene rings is 3. The smallest absolute Gasteiger partial charge is 0.301 e. The summed E-state index contributed by atoms with van der Waals surface area (Å²) in [6, 6.07) is 18.7. The van der Waals surface area contributed by atoms with Crippen LogP contribution in [0.5, 0.6) is 11.5 Å². The fraction of sp³-hybridized carbons (Fsp3) is 0.148. The Morgan fingerprint density at radius 3 is 2.49 bits per heavy atom. The van der Waals surface area contributed by atoms with Crippen LogP contribution in [0.2, 0.25) is 0 Å². The second-order valence-corrected chi connectivity index (χ2v) is 9.09. The molecule has 1 aliphatic rings. The Kier molecular flexibility index (Phi) is 5.74. The molecule has 1 aliphatic heterocycles. The first-order chi connectivity index (χ1) is 16.9. The van der Waals surface area contributed by atoms with E-state index in [1.807, 2.05) is 25.1 Å². The molecule has 0 saturated carbocycles. The molecule has 2 heterocycles. The third kappa shape index (κ3) is 3.72. The maximum absolute atomic E-state index is 13.5. The van der Waals surface area contributed by atoms with Crippen LogP contribution in [0.1, 0.15) is 22.7 Å². The molecule has 176 valence electrons. The monoisotopic (exact) mass is 486 g/mol. The number of hydrogen-bond acceptors (Lipinski definition) is 7. The number of nitrogens with zero attached hydrogens (tertiary/aromatic N) is 2. The summed E-state index contributed by atoms with van der Waals surface area (Å²) in [5, 5.41) is 11.6. The number of ether oxygens (including phenoxy) is 2. The second-order valence-electron chi connectivity index (χ2n) is 8.09. The largest absolute Gasteiger partial charge is 0.507 e. The first-order valence-electron chi connectivity index (χ1n) is 10.9. The van der Waals surface area contributed by atoms with Crippen molar-refractivity contribution in [2.24, 2.45) is 0 Å². The highest BCUT2D eigenvalue weighted by Gasteiger charge is 2.49. The lowest BCUT2D eigenvalue weighted by Gasteiger charge is -2.25. The Bertz CT molecular complexity index is 1490. The highest BCUT2D eigenvalue weighted by molar-refractivity contribution is 7.22. The van der Waals surface area contributed by atoms with Crippen molar-refractivity contribution in [3.05, 3.63) is 89.0 Å². The molecule has 1 fully saturated rings. The van der Waals surface area contributed by atoms with Crippen LogP contribution in [0.15, 0.2) is 72.3 Å². The molecule has 7 nitrogen and oxygen atoms in total. The van der Waals surface area contributed by atoms with Gasteiger partial charge in [0.25, 0.3) is 5.78 Å². The number of fused-ring (bicyclic) bond motifs is 1. The molecule has 1 N–H and O–H groups in total. The summed E-state index contributed by atoms with van der Waals surface area (Å²) in [6.07, 6.45) is 0. The number of rotatable bonds is 5. The van der Waals surface area contributed by atoms with Gasteiger partial charge >= 0.3 is 5.91 Å². The number of Topliss-reactive ketones (excluding diaryl/α,β-unsaturated/α-hetero) is 1. The van der Waals surface area contributed by atoms with Gasteiger partial charge in [-0.1, -0.05) is 59.9 Å². The molecule has 0 radical (unpaired) electrons. The maximum Gasteiger partial charge on any atom is 0.301 e. The second kappa shape index (κ2) is 8.88. The number of aliphatic hydroxyl groups excluding tert-OH is 1. The van der Waals surface area contributed by atoms with Crippen LogP contribution >= 0.6 is 11.3 Å². The number of methoxy groups -OCH3 is 2. The third-order valence-electron chi connectivity index (χ3n) is 5.96. The van der Waals surface area contributed by atoms with Crippen LogP contribution in [0.3, 0.4) is 0 Å². The molecule has 1 amide bonds. The highest BCUT2D eigenvalue weighted by atomic mass is 32.1. The zero-order valence-corrected chi connectivity index (χ0v) is 20.1. The van der Waals surface area contributed by atoms with Gasteiger partial charge in [-0.3, -0.25) is 14.5 Å². The molecule has 1 saturated heterocycles. The van der Waals surface area contributed by atoms with Crippen molar-refractivity contribution < 1.29 is 24.2 Å². The van der Waals surface area contributed by atoms with E-state index in [9.17, 15) is 14.7 Å². The maximum atomic E-state index is 13.5. The zero-order valence-electron chi connectivity index (χ0n) is 19.3. The number of carbonyl (C=O) groups excluding carboxylic acids is 2. The number of aryl methyl sites for hydroxylation is 1. The van der Waals surface area contributed by atoms with Gasteiger partial charge in [0.2, 0.25) is 0 Å². The van der Waals surface area contributed by atoms with Gasteiger partial charge in [-0.15, -0.1) is 0 Å². The molecule has 0 spiro atoms. The Morgan fingerprint density at radius 1 is 1.00 bits per heavy atom. The first kappa shape index (κ1) is 22.6. The van der Waals surface area contributed by atoms with E-state index in [1.165, 1.54) is 30.5 Å². The summed E-state index contributed by atoms with van der Waals surface area (Å²) in [7, 11) is 3.00. The predicted octanol–water partition coefficient (Wildman–Crippen LogP) is 5.25. The molecule has 3 aromatic carbocycles. The van der Waals surface area contributed by atoms with Gasteiger partial charge in [0.05, 0.1) is 30.0 Å². The molecule has 5 rings (SSSR count). The van der Waals surface area contributed by atoms with E-state index < -0.39 is 17.7 Å². The lowest BCUT2D eigenvalue weighted by atomic mass is 9.94. The number of para-hydroxylation sites is 1. The van der Waals surface area contributed by atoms with Crippen LogP contribution < -0.4 is 14.4 Å². The minimum absolute atomic E-state index is 0.0387. The van der Waals surface area contributed by atoms with Crippen molar-refractivity contribution in [2.45, 2.75) is 13.0 Å². The average molecular weight is 487 g/mol. The van der Waals surface area contributed by atoms with Crippen molar-refractivity contribution in [1.29, 1.82) is 0 Å². The predicted molar refractivity (Wildman–Crippen MR) is 135 cm³/mol. The van der Waals surface area contributed by atoms with Gasteiger partial charge in [0.1, 0.15) is 11.8 Å².